The van der Waals surface area contributed by atoms with E-state index in [9.17, 15) is 9.59 Å². The van der Waals surface area contributed by atoms with Gasteiger partial charge in [0.2, 0.25) is 0 Å². The number of anilines is 1. The minimum Gasteiger partial charge on any atom is -0.268 e. The molecular formula is C17H15NO2. The van der Waals surface area contributed by atoms with Crippen molar-refractivity contribution in [1.82, 2.24) is 0 Å². The van der Waals surface area contributed by atoms with Gasteiger partial charge in [-0.2, -0.15) is 0 Å². The standard InChI is InChI=1S/C17H15NO2/c1-2-7-12-8-3-6-11-15(12)18-16(19)13-9-4-5-10-14(13)17(18)20/h3-6,8-11H,2,7H2,1H3. The first-order chi connectivity index (χ1) is 9.74. The fourth-order valence-electron chi connectivity index (χ4n) is 2.62. The summed E-state index contributed by atoms with van der Waals surface area (Å²) in [5, 5.41) is 0. The molecule has 3 rings (SSSR count). The van der Waals surface area contributed by atoms with E-state index in [1.54, 1.807) is 24.3 Å². The number of rotatable bonds is 3. The first kappa shape index (κ1) is 12.6. The van der Waals surface area contributed by atoms with Crippen LogP contribution in [0.2, 0.25) is 0 Å². The van der Waals surface area contributed by atoms with Gasteiger partial charge in [0.1, 0.15) is 0 Å². The van der Waals surface area contributed by atoms with E-state index in [0.717, 1.165) is 18.4 Å². The molecule has 0 unspecified atom stereocenters. The highest BCUT2D eigenvalue weighted by molar-refractivity contribution is 6.34. The van der Waals surface area contributed by atoms with Gasteiger partial charge in [0, 0.05) is 0 Å². The van der Waals surface area contributed by atoms with Crippen molar-refractivity contribution in [2.75, 3.05) is 4.90 Å². The van der Waals surface area contributed by atoms with E-state index in [1.807, 2.05) is 24.3 Å². The molecule has 0 aromatic heterocycles. The number of hydrogen-bond acceptors (Lipinski definition) is 2. The number of carbonyl (C=O) groups excluding carboxylic acids is 2. The number of nitrogens with zero attached hydrogens (tertiary/aromatic N) is 1. The van der Waals surface area contributed by atoms with Gasteiger partial charge >= 0.3 is 0 Å². The zero-order valence-corrected chi connectivity index (χ0v) is 11.3. The average molecular weight is 265 g/mol. The first-order valence-electron chi connectivity index (χ1n) is 6.79. The summed E-state index contributed by atoms with van der Waals surface area (Å²) in [6.45, 7) is 2.08. The van der Waals surface area contributed by atoms with Crippen molar-refractivity contribution >= 4 is 17.5 Å². The number of para-hydroxylation sites is 1. The van der Waals surface area contributed by atoms with Crippen LogP contribution in [-0.2, 0) is 6.42 Å². The van der Waals surface area contributed by atoms with E-state index in [4.69, 9.17) is 0 Å². The Bertz CT molecular complexity index is 656. The Labute approximate surface area is 117 Å². The smallest absolute Gasteiger partial charge is 0.266 e. The van der Waals surface area contributed by atoms with Crippen LogP contribution in [0.15, 0.2) is 48.5 Å². The van der Waals surface area contributed by atoms with Crippen LogP contribution >= 0.6 is 0 Å². The van der Waals surface area contributed by atoms with E-state index in [2.05, 4.69) is 6.92 Å². The molecule has 0 aliphatic carbocycles. The normalized spacial score (nSPS) is 13.8. The van der Waals surface area contributed by atoms with E-state index >= 15 is 0 Å². The fourth-order valence-corrected chi connectivity index (χ4v) is 2.62. The summed E-state index contributed by atoms with van der Waals surface area (Å²) in [6, 6.07) is 14.6. The second kappa shape index (κ2) is 4.93. The summed E-state index contributed by atoms with van der Waals surface area (Å²) in [4.78, 5) is 26.2. The predicted molar refractivity (Wildman–Crippen MR) is 78.0 cm³/mol. The molecule has 2 aromatic carbocycles. The van der Waals surface area contributed by atoms with Gasteiger partial charge in [0.15, 0.2) is 0 Å². The summed E-state index contributed by atoms with van der Waals surface area (Å²) in [5.74, 6) is -0.455. The molecule has 3 nitrogen and oxygen atoms in total. The van der Waals surface area contributed by atoms with Crippen molar-refractivity contribution in [2.24, 2.45) is 0 Å². The van der Waals surface area contributed by atoms with Crippen LogP contribution in [0.25, 0.3) is 0 Å². The van der Waals surface area contributed by atoms with Crippen molar-refractivity contribution in [3.63, 3.8) is 0 Å². The number of imide groups is 1. The maximum absolute atomic E-state index is 12.5. The van der Waals surface area contributed by atoms with E-state index < -0.39 is 0 Å². The molecule has 1 aliphatic heterocycles. The number of amides is 2. The summed E-state index contributed by atoms with van der Waals surface area (Å²) >= 11 is 0. The third kappa shape index (κ3) is 1.83. The van der Waals surface area contributed by atoms with Gasteiger partial charge in [-0.15, -0.1) is 0 Å². The average Bonchev–Trinajstić information content (AvgIpc) is 2.73. The molecule has 0 atom stereocenters. The Morgan fingerprint density at radius 3 is 2.00 bits per heavy atom. The Morgan fingerprint density at radius 1 is 0.850 bits per heavy atom. The van der Waals surface area contributed by atoms with Crippen molar-refractivity contribution in [1.29, 1.82) is 0 Å². The minimum atomic E-state index is -0.228. The molecule has 0 spiro atoms. The van der Waals surface area contributed by atoms with Crippen molar-refractivity contribution in [3.8, 4) is 0 Å². The molecule has 2 aromatic rings. The third-order valence-corrected chi connectivity index (χ3v) is 3.55. The SMILES string of the molecule is CCCc1ccccc1N1C(=O)c2ccccc2C1=O. The van der Waals surface area contributed by atoms with Gasteiger partial charge < -0.3 is 0 Å². The van der Waals surface area contributed by atoms with Crippen LogP contribution in [0.1, 0.15) is 39.6 Å². The maximum Gasteiger partial charge on any atom is 0.266 e. The molecule has 0 bridgehead atoms. The summed E-state index contributed by atoms with van der Waals surface area (Å²) in [6.07, 6.45) is 1.82. The van der Waals surface area contributed by atoms with Crippen LogP contribution in [0.3, 0.4) is 0 Å². The van der Waals surface area contributed by atoms with Gasteiger partial charge in [-0.05, 0) is 30.2 Å². The number of fused-ring (bicyclic) bond motifs is 1. The second-order valence-corrected chi connectivity index (χ2v) is 4.87. The van der Waals surface area contributed by atoms with Gasteiger partial charge in [0.25, 0.3) is 11.8 Å². The summed E-state index contributed by atoms with van der Waals surface area (Å²) < 4.78 is 0. The van der Waals surface area contributed by atoms with Crippen molar-refractivity contribution < 1.29 is 9.59 Å². The molecule has 0 saturated heterocycles. The Hall–Kier alpha value is -2.42. The zero-order chi connectivity index (χ0) is 14.1. The van der Waals surface area contributed by atoms with E-state index in [0.29, 0.717) is 16.8 Å². The molecule has 0 fully saturated rings. The lowest BCUT2D eigenvalue weighted by Crippen LogP contribution is -2.30. The van der Waals surface area contributed by atoms with Crippen LogP contribution in [0, 0.1) is 0 Å². The molecule has 3 heteroatoms. The van der Waals surface area contributed by atoms with Crippen LogP contribution in [0.5, 0.6) is 0 Å². The molecular weight excluding hydrogens is 250 g/mol. The topological polar surface area (TPSA) is 37.4 Å². The Morgan fingerprint density at radius 2 is 1.40 bits per heavy atom. The Balaban J connectivity index is 2.10. The molecule has 1 aliphatic rings. The number of benzene rings is 2. The minimum absolute atomic E-state index is 0.228. The highest BCUT2D eigenvalue weighted by Gasteiger charge is 2.36. The van der Waals surface area contributed by atoms with Gasteiger partial charge in [0.05, 0.1) is 16.8 Å². The first-order valence-corrected chi connectivity index (χ1v) is 6.79. The zero-order valence-electron chi connectivity index (χ0n) is 11.3. The predicted octanol–water partition coefficient (Wildman–Crippen LogP) is 3.44. The van der Waals surface area contributed by atoms with Crippen LogP contribution in [-0.4, -0.2) is 11.8 Å². The maximum atomic E-state index is 12.5. The van der Waals surface area contributed by atoms with Crippen molar-refractivity contribution in [2.45, 2.75) is 19.8 Å². The fraction of sp³-hybridized carbons (Fsp3) is 0.176. The lowest BCUT2D eigenvalue weighted by molar-refractivity contribution is 0.0926. The lowest BCUT2D eigenvalue weighted by atomic mass is 10.1. The van der Waals surface area contributed by atoms with Gasteiger partial charge in [-0.25, -0.2) is 4.90 Å². The third-order valence-electron chi connectivity index (χ3n) is 3.55. The van der Waals surface area contributed by atoms with E-state index in [1.165, 1.54) is 4.90 Å². The molecule has 0 N–H and O–H groups in total. The largest absolute Gasteiger partial charge is 0.268 e. The lowest BCUT2D eigenvalue weighted by Gasteiger charge is -2.17. The highest BCUT2D eigenvalue weighted by atomic mass is 16.2. The van der Waals surface area contributed by atoms with Gasteiger partial charge in [-0.3, -0.25) is 9.59 Å². The number of carbonyl (C=O) groups is 2. The molecule has 1 heterocycles. The van der Waals surface area contributed by atoms with Gasteiger partial charge in [-0.1, -0.05) is 43.7 Å². The quantitative estimate of drug-likeness (QED) is 0.797. The molecule has 0 saturated carbocycles. The molecule has 2 amide bonds. The molecule has 100 valence electrons. The summed E-state index contributed by atoms with van der Waals surface area (Å²) in [5.41, 5.74) is 2.72. The summed E-state index contributed by atoms with van der Waals surface area (Å²) in [7, 11) is 0. The second-order valence-electron chi connectivity index (χ2n) is 4.87. The highest BCUT2D eigenvalue weighted by Crippen LogP contribution is 2.31. The van der Waals surface area contributed by atoms with Crippen LogP contribution < -0.4 is 4.90 Å². The van der Waals surface area contributed by atoms with E-state index in [-0.39, 0.29) is 11.8 Å². The monoisotopic (exact) mass is 265 g/mol. The number of hydrogen-bond donors (Lipinski definition) is 0. The Kier molecular flexibility index (Phi) is 3.11. The van der Waals surface area contributed by atoms with Crippen LogP contribution in [0.4, 0.5) is 5.69 Å². The molecule has 20 heavy (non-hydrogen) atoms. The molecule has 0 radical (unpaired) electrons. The van der Waals surface area contributed by atoms with Crippen molar-refractivity contribution in [3.05, 3.63) is 65.2 Å². The number of aryl methyl sites for hydroxylation is 1.